The highest BCUT2D eigenvalue weighted by Crippen LogP contribution is 2.33. The molecule has 0 aliphatic rings. The summed E-state index contributed by atoms with van der Waals surface area (Å²) in [6.45, 7) is 1.79. The molecule has 0 saturated heterocycles. The maximum Gasteiger partial charge on any atom is 0.209 e. The van der Waals surface area contributed by atoms with Gasteiger partial charge >= 0.3 is 0 Å². The van der Waals surface area contributed by atoms with E-state index in [4.69, 9.17) is 11.6 Å². The van der Waals surface area contributed by atoms with Crippen LogP contribution in [0.15, 0.2) is 59.4 Å². The second kappa shape index (κ2) is 8.25. The number of hydrogen-bond donors (Lipinski definition) is 2. The molecule has 1 atom stereocenters. The van der Waals surface area contributed by atoms with E-state index in [0.29, 0.717) is 21.0 Å². The Morgan fingerprint density at radius 2 is 1.97 bits per heavy atom. The lowest BCUT2D eigenvalue weighted by atomic mass is 10.2. The van der Waals surface area contributed by atoms with E-state index in [1.165, 1.54) is 23.1 Å². The van der Waals surface area contributed by atoms with Gasteiger partial charge in [0.2, 0.25) is 5.16 Å². The van der Waals surface area contributed by atoms with E-state index in [0.717, 1.165) is 15.8 Å². The number of H-pyrrole nitrogens is 1. The van der Waals surface area contributed by atoms with E-state index >= 15 is 0 Å². The van der Waals surface area contributed by atoms with Gasteiger partial charge < -0.3 is 5.11 Å². The van der Waals surface area contributed by atoms with Crippen LogP contribution in [0.25, 0.3) is 27.2 Å². The Bertz CT molecular complexity index is 1210. The fourth-order valence-electron chi connectivity index (χ4n) is 2.65. The Labute approximate surface area is 179 Å². The Morgan fingerprint density at radius 3 is 2.69 bits per heavy atom. The number of hydrogen-bond acceptors (Lipinski definition) is 7. The van der Waals surface area contributed by atoms with Crippen LogP contribution < -0.4 is 0 Å². The van der Waals surface area contributed by atoms with Gasteiger partial charge in [-0.1, -0.05) is 35.5 Å². The number of aromatic nitrogens is 4. The quantitative estimate of drug-likeness (QED) is 0.235. The predicted octanol–water partition coefficient (Wildman–Crippen LogP) is 5.71. The van der Waals surface area contributed by atoms with Crippen LogP contribution in [-0.4, -0.2) is 30.5 Å². The molecule has 144 valence electrons. The van der Waals surface area contributed by atoms with Gasteiger partial charge in [-0.2, -0.15) is 5.26 Å². The van der Waals surface area contributed by atoms with Gasteiger partial charge in [0.25, 0.3) is 0 Å². The minimum atomic E-state index is -0.425. The van der Waals surface area contributed by atoms with E-state index in [1.807, 2.05) is 36.4 Å². The number of nitriles is 1. The van der Waals surface area contributed by atoms with Crippen molar-refractivity contribution in [2.75, 3.05) is 0 Å². The first kappa shape index (κ1) is 19.5. The number of para-hydroxylation sites is 1. The summed E-state index contributed by atoms with van der Waals surface area (Å²) in [5, 5.41) is 28.6. The molecule has 6 nitrogen and oxygen atoms in total. The molecule has 2 aromatic carbocycles. The van der Waals surface area contributed by atoms with Crippen molar-refractivity contribution >= 4 is 50.5 Å². The minimum absolute atomic E-state index is 0.0469. The van der Waals surface area contributed by atoms with Gasteiger partial charge in [-0.05, 0) is 43.3 Å². The number of nitrogens with one attached hydrogen (secondary N) is 1. The summed E-state index contributed by atoms with van der Waals surface area (Å²) < 4.78 is 0.963. The topological polar surface area (TPSA) is 98.5 Å². The van der Waals surface area contributed by atoms with Crippen molar-refractivity contribution in [3.05, 3.63) is 64.3 Å². The maximum absolute atomic E-state index is 10.7. The molecule has 0 saturated carbocycles. The Hall–Kier alpha value is -2.86. The zero-order valence-corrected chi connectivity index (χ0v) is 17.5. The summed E-state index contributed by atoms with van der Waals surface area (Å²) in [5.74, 6) is 0.556. The molecule has 4 rings (SSSR count). The second-order valence-corrected chi connectivity index (χ2v) is 8.87. The third kappa shape index (κ3) is 4.12. The molecule has 0 spiro atoms. The third-order valence-corrected chi connectivity index (χ3v) is 6.40. The largest absolute Gasteiger partial charge is 0.510 e. The standard InChI is InChI=1S/C20H14ClN5OS2/c1-11(28-20-24-18(25-26-20)12-6-8-13(21)9-7-12)17(27)14(10-22)19-23-15-4-2-3-5-16(15)29-19/h2-9,11,27H,1H3,(H,24,25,26)/b17-14-. The smallest absolute Gasteiger partial charge is 0.209 e. The van der Waals surface area contributed by atoms with Gasteiger partial charge in [-0.3, -0.25) is 5.10 Å². The Balaban J connectivity index is 1.57. The zero-order chi connectivity index (χ0) is 20.4. The number of aliphatic hydroxyl groups excluding tert-OH is 1. The second-order valence-electron chi connectivity index (χ2n) is 6.09. The van der Waals surface area contributed by atoms with E-state index in [1.54, 1.807) is 19.1 Å². The molecule has 2 heterocycles. The first-order chi connectivity index (χ1) is 14.0. The van der Waals surface area contributed by atoms with Crippen LogP contribution in [-0.2, 0) is 0 Å². The summed E-state index contributed by atoms with van der Waals surface area (Å²) in [6.07, 6.45) is 0. The fourth-order valence-corrected chi connectivity index (χ4v) is 4.53. The molecule has 1 unspecified atom stereocenters. The molecular weight excluding hydrogens is 426 g/mol. The van der Waals surface area contributed by atoms with Crippen molar-refractivity contribution in [1.29, 1.82) is 5.26 Å². The first-order valence-corrected chi connectivity index (χ1v) is 10.7. The number of halogens is 1. The van der Waals surface area contributed by atoms with Crippen LogP contribution in [0.1, 0.15) is 11.9 Å². The summed E-state index contributed by atoms with van der Waals surface area (Å²) in [4.78, 5) is 8.91. The molecule has 0 aliphatic carbocycles. The third-order valence-electron chi connectivity index (χ3n) is 4.13. The van der Waals surface area contributed by atoms with Gasteiger partial charge in [-0.15, -0.1) is 16.4 Å². The van der Waals surface area contributed by atoms with E-state index in [2.05, 4.69) is 26.2 Å². The van der Waals surface area contributed by atoms with Crippen LogP contribution in [0.5, 0.6) is 0 Å². The fraction of sp³-hybridized carbons (Fsp3) is 0.100. The Kier molecular flexibility index (Phi) is 5.53. The zero-order valence-electron chi connectivity index (χ0n) is 15.1. The van der Waals surface area contributed by atoms with Crippen LogP contribution in [0.3, 0.4) is 0 Å². The highest BCUT2D eigenvalue weighted by molar-refractivity contribution is 7.99. The van der Waals surface area contributed by atoms with Crippen LogP contribution in [0, 0.1) is 11.3 Å². The Morgan fingerprint density at radius 1 is 1.21 bits per heavy atom. The number of aromatic amines is 1. The minimum Gasteiger partial charge on any atom is -0.510 e. The molecule has 2 N–H and O–H groups in total. The molecule has 2 aromatic heterocycles. The molecule has 0 radical (unpaired) electrons. The van der Waals surface area contributed by atoms with Crippen molar-refractivity contribution in [1.82, 2.24) is 20.2 Å². The highest BCUT2D eigenvalue weighted by atomic mass is 35.5. The monoisotopic (exact) mass is 439 g/mol. The summed E-state index contributed by atoms with van der Waals surface area (Å²) in [6, 6.07) is 17.0. The number of aliphatic hydroxyl groups is 1. The number of thioether (sulfide) groups is 1. The first-order valence-electron chi connectivity index (χ1n) is 8.59. The molecule has 0 amide bonds. The molecule has 0 bridgehead atoms. The number of benzene rings is 2. The molecule has 4 aromatic rings. The number of thiazole rings is 1. The van der Waals surface area contributed by atoms with Gasteiger partial charge in [0.15, 0.2) is 5.82 Å². The number of nitrogens with zero attached hydrogens (tertiary/aromatic N) is 4. The van der Waals surface area contributed by atoms with Crippen LogP contribution in [0.2, 0.25) is 5.02 Å². The average Bonchev–Trinajstić information content (AvgIpc) is 3.36. The van der Waals surface area contributed by atoms with E-state index in [-0.39, 0.29) is 11.3 Å². The predicted molar refractivity (Wildman–Crippen MR) is 117 cm³/mol. The van der Waals surface area contributed by atoms with Crippen LogP contribution in [0.4, 0.5) is 0 Å². The van der Waals surface area contributed by atoms with Crippen molar-refractivity contribution in [2.24, 2.45) is 0 Å². The molecular formula is C20H14ClN5OS2. The van der Waals surface area contributed by atoms with Gasteiger partial charge in [0, 0.05) is 10.6 Å². The number of allylic oxidation sites excluding steroid dienone is 1. The van der Waals surface area contributed by atoms with E-state index < -0.39 is 5.25 Å². The number of fused-ring (bicyclic) bond motifs is 1. The van der Waals surface area contributed by atoms with Crippen molar-refractivity contribution < 1.29 is 5.11 Å². The average molecular weight is 440 g/mol. The van der Waals surface area contributed by atoms with Crippen LogP contribution >= 0.6 is 34.7 Å². The molecule has 0 aliphatic heterocycles. The number of rotatable bonds is 5. The van der Waals surface area contributed by atoms with Gasteiger partial charge in [0.05, 0.1) is 15.5 Å². The summed E-state index contributed by atoms with van der Waals surface area (Å²) in [7, 11) is 0. The SMILES string of the molecule is CC(Sc1n[nH]c(-c2ccc(Cl)cc2)n1)/C(O)=C(\C#N)c1nc2ccccc2s1. The summed E-state index contributed by atoms with van der Waals surface area (Å²) in [5.41, 5.74) is 1.82. The molecule has 29 heavy (non-hydrogen) atoms. The lowest BCUT2D eigenvalue weighted by Crippen LogP contribution is -2.04. The summed E-state index contributed by atoms with van der Waals surface area (Å²) >= 11 is 8.54. The van der Waals surface area contributed by atoms with E-state index in [9.17, 15) is 10.4 Å². The highest BCUT2D eigenvalue weighted by Gasteiger charge is 2.21. The lowest BCUT2D eigenvalue weighted by molar-refractivity contribution is 0.402. The lowest BCUT2D eigenvalue weighted by Gasteiger charge is -2.09. The van der Waals surface area contributed by atoms with Gasteiger partial charge in [0.1, 0.15) is 22.4 Å². The molecule has 0 fully saturated rings. The van der Waals surface area contributed by atoms with Crippen molar-refractivity contribution in [3.8, 4) is 17.5 Å². The van der Waals surface area contributed by atoms with Gasteiger partial charge in [-0.25, -0.2) is 9.97 Å². The molecule has 9 heteroatoms. The maximum atomic E-state index is 10.7. The van der Waals surface area contributed by atoms with Crippen molar-refractivity contribution in [3.63, 3.8) is 0 Å². The van der Waals surface area contributed by atoms with Crippen molar-refractivity contribution in [2.45, 2.75) is 17.3 Å². The normalized spacial score (nSPS) is 13.1.